The molecule has 4 rings (SSSR count). The summed E-state index contributed by atoms with van der Waals surface area (Å²) in [5.41, 5.74) is 2.31. The Labute approximate surface area is 183 Å². The number of aryl methyl sites for hydroxylation is 1. The van der Waals surface area contributed by atoms with Crippen molar-refractivity contribution in [3.8, 4) is 5.75 Å². The smallest absolute Gasteiger partial charge is 0.260 e. The third-order valence-corrected chi connectivity index (χ3v) is 6.32. The molecule has 2 aromatic rings. The maximum Gasteiger partial charge on any atom is 0.260 e. The Bertz CT molecular complexity index is 896. The van der Waals surface area contributed by atoms with Crippen molar-refractivity contribution >= 4 is 17.5 Å². The van der Waals surface area contributed by atoms with Gasteiger partial charge in [-0.15, -0.1) is 0 Å². The van der Waals surface area contributed by atoms with Gasteiger partial charge in [0.05, 0.1) is 5.41 Å². The minimum atomic E-state index is -0.594. The van der Waals surface area contributed by atoms with Crippen molar-refractivity contribution < 1.29 is 19.1 Å². The Morgan fingerprint density at radius 2 is 1.65 bits per heavy atom. The molecule has 2 saturated heterocycles. The van der Waals surface area contributed by atoms with E-state index in [2.05, 4.69) is 29.6 Å². The van der Waals surface area contributed by atoms with Crippen molar-refractivity contribution in [2.24, 2.45) is 0 Å². The van der Waals surface area contributed by atoms with E-state index in [1.807, 2.05) is 24.0 Å². The van der Waals surface area contributed by atoms with Crippen molar-refractivity contribution in [1.29, 1.82) is 0 Å². The van der Waals surface area contributed by atoms with E-state index in [0.717, 1.165) is 31.5 Å². The molecular weight excluding hydrogens is 392 g/mol. The highest BCUT2D eigenvalue weighted by Gasteiger charge is 2.41. The van der Waals surface area contributed by atoms with Crippen LogP contribution in [0.4, 0.5) is 5.69 Å². The van der Waals surface area contributed by atoms with Crippen LogP contribution in [0.25, 0.3) is 0 Å². The molecule has 2 aromatic carbocycles. The first-order chi connectivity index (χ1) is 15.1. The topological polar surface area (TPSA) is 67.9 Å². The fourth-order valence-electron chi connectivity index (χ4n) is 4.33. The maximum absolute atomic E-state index is 13.4. The van der Waals surface area contributed by atoms with Gasteiger partial charge < -0.3 is 19.7 Å². The molecular formula is C25H30N2O4. The molecule has 164 valence electrons. The first-order valence-electron chi connectivity index (χ1n) is 11.0. The average Bonchev–Trinajstić information content (AvgIpc) is 3.34. The van der Waals surface area contributed by atoms with Gasteiger partial charge >= 0.3 is 0 Å². The Morgan fingerprint density at radius 1 is 1.00 bits per heavy atom. The number of hydrogen-bond donors (Lipinski definition) is 1. The van der Waals surface area contributed by atoms with Crippen LogP contribution >= 0.6 is 0 Å². The average molecular weight is 423 g/mol. The second-order valence-electron chi connectivity index (χ2n) is 8.42. The van der Waals surface area contributed by atoms with Crippen LogP contribution in [0.3, 0.4) is 0 Å². The largest absolute Gasteiger partial charge is 0.484 e. The Morgan fingerprint density at radius 3 is 2.29 bits per heavy atom. The highest BCUT2D eigenvalue weighted by atomic mass is 16.5. The molecule has 0 radical (unpaired) electrons. The highest BCUT2D eigenvalue weighted by Crippen LogP contribution is 2.36. The third-order valence-electron chi connectivity index (χ3n) is 6.32. The van der Waals surface area contributed by atoms with Crippen molar-refractivity contribution in [2.45, 2.75) is 38.0 Å². The van der Waals surface area contributed by atoms with Crippen LogP contribution in [0.15, 0.2) is 48.5 Å². The summed E-state index contributed by atoms with van der Waals surface area (Å²) in [5.74, 6) is 0.622. The van der Waals surface area contributed by atoms with Crippen LogP contribution in [0.5, 0.6) is 5.75 Å². The lowest BCUT2D eigenvalue weighted by atomic mass is 9.73. The number of carbonyl (C=O) groups is 2. The third kappa shape index (κ3) is 4.90. The van der Waals surface area contributed by atoms with Gasteiger partial charge in [0, 0.05) is 32.0 Å². The van der Waals surface area contributed by atoms with Crippen molar-refractivity contribution in [3.05, 3.63) is 59.7 Å². The van der Waals surface area contributed by atoms with E-state index in [-0.39, 0.29) is 18.4 Å². The van der Waals surface area contributed by atoms with E-state index >= 15 is 0 Å². The van der Waals surface area contributed by atoms with E-state index in [9.17, 15) is 9.59 Å². The number of benzene rings is 2. The Kier molecular flexibility index (Phi) is 6.56. The predicted octanol–water partition coefficient (Wildman–Crippen LogP) is 3.68. The second-order valence-corrected chi connectivity index (χ2v) is 8.42. The zero-order valence-electron chi connectivity index (χ0n) is 18.1. The van der Waals surface area contributed by atoms with Gasteiger partial charge in [0.25, 0.3) is 5.91 Å². The number of anilines is 1. The van der Waals surface area contributed by atoms with Gasteiger partial charge in [-0.05, 0) is 62.4 Å². The minimum absolute atomic E-state index is 0.0162. The summed E-state index contributed by atoms with van der Waals surface area (Å²) in [6, 6.07) is 15.4. The van der Waals surface area contributed by atoms with Gasteiger partial charge in [0.1, 0.15) is 5.75 Å². The van der Waals surface area contributed by atoms with Crippen LogP contribution in [0.1, 0.15) is 36.8 Å². The molecule has 2 heterocycles. The molecule has 2 amide bonds. The van der Waals surface area contributed by atoms with E-state index < -0.39 is 5.41 Å². The lowest BCUT2D eigenvalue weighted by molar-refractivity contribution is -0.132. The quantitative estimate of drug-likeness (QED) is 0.771. The summed E-state index contributed by atoms with van der Waals surface area (Å²) < 4.78 is 11.2. The van der Waals surface area contributed by atoms with Crippen LogP contribution in [-0.4, -0.2) is 49.6 Å². The number of carbonyl (C=O) groups excluding carboxylic acids is 2. The molecule has 6 heteroatoms. The lowest BCUT2D eigenvalue weighted by Crippen LogP contribution is -2.44. The molecule has 0 atom stereocenters. The number of amides is 2. The zero-order chi connectivity index (χ0) is 21.7. The normalized spacial score (nSPS) is 17.9. The standard InChI is InChI=1S/C25H30N2O4/c1-19-4-6-20(7-5-19)25(12-16-30-17-13-25)24(29)26-21-8-10-22(11-9-21)31-18-23(28)27-14-2-3-15-27/h4-11H,2-3,12-18H2,1H3,(H,26,29). The molecule has 0 aromatic heterocycles. The molecule has 2 aliphatic heterocycles. The highest BCUT2D eigenvalue weighted by molar-refractivity contribution is 5.99. The van der Waals surface area contributed by atoms with Crippen molar-refractivity contribution in [3.63, 3.8) is 0 Å². The first-order valence-corrected chi connectivity index (χ1v) is 11.0. The van der Waals surface area contributed by atoms with Gasteiger partial charge in [0.2, 0.25) is 5.91 Å². The molecule has 0 bridgehead atoms. The summed E-state index contributed by atoms with van der Waals surface area (Å²) >= 11 is 0. The van der Waals surface area contributed by atoms with Gasteiger partial charge in [-0.3, -0.25) is 9.59 Å². The number of nitrogens with zero attached hydrogens (tertiary/aromatic N) is 1. The van der Waals surface area contributed by atoms with E-state index in [4.69, 9.17) is 9.47 Å². The molecule has 2 fully saturated rings. The van der Waals surface area contributed by atoms with Crippen LogP contribution in [0.2, 0.25) is 0 Å². The number of rotatable bonds is 6. The van der Waals surface area contributed by atoms with E-state index in [1.54, 1.807) is 12.1 Å². The molecule has 0 saturated carbocycles. The maximum atomic E-state index is 13.4. The van der Waals surface area contributed by atoms with Gasteiger partial charge in [0.15, 0.2) is 6.61 Å². The SMILES string of the molecule is Cc1ccc(C2(C(=O)Nc3ccc(OCC(=O)N4CCCC4)cc3)CCOCC2)cc1. The predicted molar refractivity (Wildman–Crippen MR) is 119 cm³/mol. The summed E-state index contributed by atoms with van der Waals surface area (Å²) in [5, 5.41) is 3.08. The summed E-state index contributed by atoms with van der Waals surface area (Å²) in [6.45, 7) is 4.87. The van der Waals surface area contributed by atoms with E-state index in [1.165, 1.54) is 5.56 Å². The molecule has 1 N–H and O–H groups in total. The number of likely N-dealkylation sites (tertiary alicyclic amines) is 1. The molecule has 31 heavy (non-hydrogen) atoms. The molecule has 2 aliphatic rings. The number of ether oxygens (including phenoxy) is 2. The summed E-state index contributed by atoms with van der Waals surface area (Å²) in [4.78, 5) is 27.3. The Balaban J connectivity index is 1.40. The minimum Gasteiger partial charge on any atom is -0.484 e. The Hall–Kier alpha value is -2.86. The molecule has 0 aliphatic carbocycles. The summed E-state index contributed by atoms with van der Waals surface area (Å²) in [6.07, 6.45) is 3.44. The monoisotopic (exact) mass is 422 g/mol. The van der Waals surface area contributed by atoms with Gasteiger partial charge in [-0.2, -0.15) is 0 Å². The molecule has 0 unspecified atom stereocenters. The van der Waals surface area contributed by atoms with Gasteiger partial charge in [-0.1, -0.05) is 29.8 Å². The molecule has 0 spiro atoms. The molecule has 6 nitrogen and oxygen atoms in total. The zero-order valence-corrected chi connectivity index (χ0v) is 18.1. The lowest BCUT2D eigenvalue weighted by Gasteiger charge is -2.36. The number of nitrogens with one attached hydrogen (secondary N) is 1. The van der Waals surface area contributed by atoms with Crippen LogP contribution in [0, 0.1) is 6.92 Å². The fourth-order valence-corrected chi connectivity index (χ4v) is 4.33. The number of hydrogen-bond acceptors (Lipinski definition) is 4. The van der Waals surface area contributed by atoms with Crippen LogP contribution < -0.4 is 10.1 Å². The van der Waals surface area contributed by atoms with Crippen molar-refractivity contribution in [2.75, 3.05) is 38.2 Å². The van der Waals surface area contributed by atoms with Gasteiger partial charge in [-0.25, -0.2) is 0 Å². The first kappa shape index (κ1) is 21.4. The fraction of sp³-hybridized carbons (Fsp3) is 0.440. The van der Waals surface area contributed by atoms with Crippen molar-refractivity contribution in [1.82, 2.24) is 4.90 Å². The van der Waals surface area contributed by atoms with E-state index in [0.29, 0.717) is 37.5 Å². The summed E-state index contributed by atoms with van der Waals surface area (Å²) in [7, 11) is 0. The second kappa shape index (κ2) is 9.52. The van der Waals surface area contributed by atoms with Crippen LogP contribution in [-0.2, 0) is 19.7 Å².